The summed E-state index contributed by atoms with van der Waals surface area (Å²) in [6.07, 6.45) is 8.02. The molecule has 0 aromatic heterocycles. The van der Waals surface area contributed by atoms with Crippen molar-refractivity contribution in [2.24, 2.45) is 0 Å². The van der Waals surface area contributed by atoms with E-state index in [1.165, 1.54) is 18.6 Å². The highest BCUT2D eigenvalue weighted by atomic mass is 33.1. The molecule has 1 aliphatic rings. The largest absolute Gasteiger partial charge is 0.421 e. The average molecular weight is 455 g/mol. The van der Waals surface area contributed by atoms with Crippen molar-refractivity contribution < 1.29 is 23.5 Å². The molecule has 1 saturated heterocycles. The predicted octanol–water partition coefficient (Wildman–Crippen LogP) is 5.47. The van der Waals surface area contributed by atoms with Gasteiger partial charge in [-0.05, 0) is 59.3 Å². The highest BCUT2D eigenvalue weighted by Crippen LogP contribution is 2.40. The van der Waals surface area contributed by atoms with Crippen LogP contribution >= 0.6 is 30.2 Å². The van der Waals surface area contributed by atoms with Crippen LogP contribution in [-0.4, -0.2) is 54.3 Å². The van der Waals surface area contributed by atoms with Crippen molar-refractivity contribution in [3.05, 3.63) is 0 Å². The zero-order valence-corrected chi connectivity index (χ0v) is 20.3. The molecule has 1 heterocycles. The summed E-state index contributed by atoms with van der Waals surface area (Å²) in [5.41, 5.74) is 0. The fourth-order valence-electron chi connectivity index (χ4n) is 3.09. The zero-order chi connectivity index (χ0) is 20.7. The number of nitrogens with one attached hydrogen (secondary N) is 1. The molecule has 0 spiro atoms. The van der Waals surface area contributed by atoms with Crippen molar-refractivity contribution in [1.29, 1.82) is 0 Å². The standard InChI is InChI=1S/C19H38N2O4PS2/c1-4-21(5-2,6-3)25-26(23)24-16-11-7-10-15-20-19(22)13-9-8-12-18-14-17-27-28-18/h18H,4-17H2,1-3H3/p+1. The molecular formula is C19H39N2O4PS2+. The number of hydrogen-bond donors (Lipinski definition) is 1. The van der Waals surface area contributed by atoms with Crippen LogP contribution < -0.4 is 5.32 Å². The maximum absolute atomic E-state index is 12.0. The summed E-state index contributed by atoms with van der Waals surface area (Å²) in [6.45, 7) is 9.53. The van der Waals surface area contributed by atoms with E-state index in [2.05, 4.69) is 5.32 Å². The van der Waals surface area contributed by atoms with Crippen molar-refractivity contribution in [2.45, 2.75) is 77.4 Å². The number of rotatable bonds is 17. The van der Waals surface area contributed by atoms with Gasteiger partial charge >= 0.3 is 8.60 Å². The molecule has 1 amide bonds. The van der Waals surface area contributed by atoms with Crippen molar-refractivity contribution >= 4 is 36.1 Å². The van der Waals surface area contributed by atoms with Crippen LogP contribution in [0.15, 0.2) is 0 Å². The van der Waals surface area contributed by atoms with Crippen LogP contribution in [0.25, 0.3) is 0 Å². The van der Waals surface area contributed by atoms with Gasteiger partial charge in [-0.2, -0.15) is 4.65 Å². The van der Waals surface area contributed by atoms with Crippen molar-refractivity contribution in [1.82, 2.24) is 5.32 Å². The summed E-state index contributed by atoms with van der Waals surface area (Å²) in [6, 6.07) is 0. The molecule has 9 heteroatoms. The molecule has 28 heavy (non-hydrogen) atoms. The molecule has 0 saturated carbocycles. The third-order valence-electron chi connectivity index (χ3n) is 5.22. The van der Waals surface area contributed by atoms with Gasteiger partial charge in [0, 0.05) is 24.0 Å². The fourth-order valence-corrected chi connectivity index (χ4v) is 7.07. The fraction of sp³-hybridized carbons (Fsp3) is 0.947. The first kappa shape index (κ1) is 26.5. The number of nitrogens with zero attached hydrogens (tertiary/aromatic N) is 1. The van der Waals surface area contributed by atoms with Gasteiger partial charge in [-0.15, -0.1) is 9.52 Å². The Morgan fingerprint density at radius 3 is 2.50 bits per heavy atom. The van der Waals surface area contributed by atoms with Gasteiger partial charge in [0.2, 0.25) is 5.91 Å². The molecule has 1 aliphatic heterocycles. The normalized spacial score (nSPS) is 18.4. The van der Waals surface area contributed by atoms with E-state index in [1.807, 2.05) is 42.4 Å². The highest BCUT2D eigenvalue weighted by Gasteiger charge is 2.29. The Morgan fingerprint density at radius 2 is 1.86 bits per heavy atom. The van der Waals surface area contributed by atoms with E-state index in [1.54, 1.807) is 0 Å². The molecular weight excluding hydrogens is 415 g/mol. The van der Waals surface area contributed by atoms with Gasteiger partial charge in [0.15, 0.2) is 0 Å². The Balaban J connectivity index is 1.92. The molecule has 1 fully saturated rings. The smallest absolute Gasteiger partial charge is 0.356 e. The van der Waals surface area contributed by atoms with Gasteiger partial charge < -0.3 is 9.84 Å². The molecule has 0 aromatic carbocycles. The van der Waals surface area contributed by atoms with Crippen LogP contribution in [-0.2, 0) is 18.8 Å². The van der Waals surface area contributed by atoms with E-state index >= 15 is 0 Å². The topological polar surface area (TPSA) is 67.5 Å². The lowest BCUT2D eigenvalue weighted by Gasteiger charge is -2.32. The number of hydrogen-bond acceptors (Lipinski definition) is 5. The van der Waals surface area contributed by atoms with E-state index in [-0.39, 0.29) is 5.91 Å². The number of unbranched alkanes of at least 4 members (excludes halogenated alkanes) is 3. The van der Waals surface area contributed by atoms with Gasteiger partial charge in [0.1, 0.15) is 19.6 Å². The van der Waals surface area contributed by atoms with Crippen molar-refractivity contribution in [3.8, 4) is 0 Å². The summed E-state index contributed by atoms with van der Waals surface area (Å²) in [7, 11) is 1.90. The van der Waals surface area contributed by atoms with E-state index < -0.39 is 8.60 Å². The Labute approximate surface area is 180 Å². The second-order valence-corrected chi connectivity index (χ2v) is 10.8. The second-order valence-electron chi connectivity index (χ2n) is 7.13. The maximum atomic E-state index is 12.0. The van der Waals surface area contributed by atoms with Gasteiger partial charge in [0.05, 0.1) is 6.61 Å². The molecule has 2 unspecified atom stereocenters. The van der Waals surface area contributed by atoms with Crippen LogP contribution in [0, 0.1) is 0 Å². The van der Waals surface area contributed by atoms with E-state index in [0.717, 1.165) is 57.0 Å². The zero-order valence-electron chi connectivity index (χ0n) is 17.8. The third kappa shape index (κ3) is 11.6. The minimum absolute atomic E-state index is 0.161. The first-order valence-corrected chi connectivity index (χ1v) is 14.2. The Bertz CT molecular complexity index is 403. The summed E-state index contributed by atoms with van der Waals surface area (Å²) in [4.78, 5) is 23.8. The predicted molar refractivity (Wildman–Crippen MR) is 120 cm³/mol. The summed E-state index contributed by atoms with van der Waals surface area (Å²) >= 11 is 0. The van der Waals surface area contributed by atoms with E-state index in [9.17, 15) is 9.69 Å². The number of carbonyl (C=O) groups is 1. The molecule has 0 aliphatic carbocycles. The summed E-state index contributed by atoms with van der Waals surface area (Å²) in [5.74, 6) is 1.44. The molecule has 6 nitrogen and oxygen atoms in total. The van der Waals surface area contributed by atoms with Crippen LogP contribution in [0.1, 0.15) is 72.1 Å². The van der Waals surface area contributed by atoms with Crippen LogP contribution in [0.3, 0.4) is 0 Å². The molecule has 0 bridgehead atoms. The lowest BCUT2D eigenvalue weighted by molar-refractivity contribution is -1.08. The van der Waals surface area contributed by atoms with Crippen LogP contribution in [0.4, 0.5) is 0 Å². The van der Waals surface area contributed by atoms with Crippen molar-refractivity contribution in [3.63, 3.8) is 0 Å². The monoisotopic (exact) mass is 454 g/mol. The van der Waals surface area contributed by atoms with Gasteiger partial charge in [-0.1, -0.05) is 28.0 Å². The number of quaternary nitrogens is 1. The van der Waals surface area contributed by atoms with Gasteiger partial charge in [-0.3, -0.25) is 4.79 Å². The second kappa shape index (κ2) is 16.2. The minimum atomic E-state index is -2.08. The van der Waals surface area contributed by atoms with Gasteiger partial charge in [-0.25, -0.2) is 0 Å². The Kier molecular flexibility index (Phi) is 15.3. The first-order valence-electron chi connectivity index (χ1n) is 10.8. The lowest BCUT2D eigenvalue weighted by Crippen LogP contribution is -2.45. The van der Waals surface area contributed by atoms with Crippen LogP contribution in [0.5, 0.6) is 0 Å². The SMILES string of the molecule is CC[N+](CC)(CC)OP([O])OCCCCCNC(=O)CCCCC1CCSS1. The third-order valence-corrected chi connectivity index (χ3v) is 9.10. The Morgan fingerprint density at radius 1 is 1.11 bits per heavy atom. The molecule has 165 valence electrons. The molecule has 1 N–H and O–H groups in total. The summed E-state index contributed by atoms with van der Waals surface area (Å²) in [5, 5.41) is 3.79. The molecule has 1 radical (unpaired) electrons. The van der Waals surface area contributed by atoms with E-state index in [4.69, 9.17) is 9.15 Å². The average Bonchev–Trinajstić information content (AvgIpc) is 3.22. The van der Waals surface area contributed by atoms with Crippen LogP contribution in [0.2, 0.25) is 0 Å². The number of hydroxylamine groups is 3. The molecule has 2 atom stereocenters. The van der Waals surface area contributed by atoms with E-state index in [0.29, 0.717) is 24.2 Å². The minimum Gasteiger partial charge on any atom is -0.356 e. The quantitative estimate of drug-likeness (QED) is 0.104. The van der Waals surface area contributed by atoms with Crippen molar-refractivity contribution in [2.75, 3.05) is 38.5 Å². The van der Waals surface area contributed by atoms with Gasteiger partial charge in [0.25, 0.3) is 0 Å². The lowest BCUT2D eigenvalue weighted by atomic mass is 10.1. The Hall–Kier alpha value is 0.440. The summed E-state index contributed by atoms with van der Waals surface area (Å²) < 4.78 is 11.3. The molecule has 0 aromatic rings. The number of amides is 1. The first-order chi connectivity index (χ1) is 13.5. The molecule has 1 rings (SSSR count). The highest BCUT2D eigenvalue weighted by molar-refractivity contribution is 8.77. The number of carbonyl (C=O) groups excluding carboxylic acids is 1. The maximum Gasteiger partial charge on any atom is 0.421 e.